The van der Waals surface area contributed by atoms with Gasteiger partial charge in [0.2, 0.25) is 5.91 Å². The summed E-state index contributed by atoms with van der Waals surface area (Å²) in [6.07, 6.45) is 2.15. The summed E-state index contributed by atoms with van der Waals surface area (Å²) in [6, 6.07) is 11.7. The first-order valence-electron chi connectivity index (χ1n) is 7.24. The van der Waals surface area contributed by atoms with E-state index in [1.165, 1.54) is 6.21 Å². The van der Waals surface area contributed by atoms with Crippen molar-refractivity contribution in [2.75, 3.05) is 6.61 Å². The molecule has 2 aromatic rings. The molecule has 0 aromatic heterocycles. The average Bonchev–Trinajstić information content (AvgIpc) is 2.55. The van der Waals surface area contributed by atoms with Crippen LogP contribution in [0.5, 0.6) is 11.5 Å². The molecule has 8 heteroatoms. The third-order valence-corrected chi connectivity index (χ3v) is 3.56. The van der Waals surface area contributed by atoms with Crippen molar-refractivity contribution in [1.82, 2.24) is 5.43 Å². The number of benzene rings is 2. The number of nitrogens with zero attached hydrogens (tertiary/aromatic N) is 1. The van der Waals surface area contributed by atoms with E-state index in [9.17, 15) is 9.90 Å². The predicted octanol–water partition coefficient (Wildman–Crippen LogP) is 4.01. The fourth-order valence-corrected chi connectivity index (χ4v) is 2.30. The molecule has 2 N–H and O–H groups in total. The van der Waals surface area contributed by atoms with E-state index >= 15 is 0 Å². The SMILES string of the molecule is O=C(CCCOc1ccc(Cl)cc1Cl)NN=Cc1ccccc1O.[Cu]. The molecule has 137 valence electrons. The molecule has 0 unspecified atom stereocenters. The Kier molecular flexibility index (Phi) is 9.38. The first kappa shape index (κ1) is 21.3. The smallest absolute Gasteiger partial charge is 0.240 e. The van der Waals surface area contributed by atoms with Gasteiger partial charge in [0.25, 0.3) is 0 Å². The molecule has 1 radical (unpaired) electrons. The monoisotopic (exact) mass is 429 g/mol. The van der Waals surface area contributed by atoms with Gasteiger partial charge in [0.05, 0.1) is 17.8 Å². The van der Waals surface area contributed by atoms with Crippen molar-refractivity contribution < 1.29 is 31.7 Å². The summed E-state index contributed by atoms with van der Waals surface area (Å²) in [4.78, 5) is 11.7. The minimum Gasteiger partial charge on any atom is -0.507 e. The Bertz CT molecular complexity index is 742. The number of rotatable bonds is 7. The van der Waals surface area contributed by atoms with Gasteiger partial charge in [0.1, 0.15) is 11.5 Å². The third-order valence-electron chi connectivity index (χ3n) is 3.03. The molecule has 0 heterocycles. The van der Waals surface area contributed by atoms with Crippen molar-refractivity contribution in [2.24, 2.45) is 5.10 Å². The van der Waals surface area contributed by atoms with Crippen LogP contribution in [-0.4, -0.2) is 23.8 Å². The number of hydrazone groups is 1. The molecule has 0 spiro atoms. The Hall–Kier alpha value is -1.72. The number of carbonyl (C=O) groups excluding carboxylic acids is 1. The Morgan fingerprint density at radius 1 is 1.24 bits per heavy atom. The molecule has 0 aliphatic rings. The van der Waals surface area contributed by atoms with E-state index in [4.69, 9.17) is 27.9 Å². The van der Waals surface area contributed by atoms with Crippen LogP contribution in [0.15, 0.2) is 47.6 Å². The third kappa shape index (κ3) is 7.36. The summed E-state index contributed by atoms with van der Waals surface area (Å²) >= 11 is 11.8. The molecule has 0 aliphatic heterocycles. The van der Waals surface area contributed by atoms with Gasteiger partial charge in [-0.3, -0.25) is 4.79 Å². The molecule has 0 bridgehead atoms. The number of ether oxygens (including phenoxy) is 1. The second-order valence-corrected chi connectivity index (χ2v) is 5.72. The summed E-state index contributed by atoms with van der Waals surface area (Å²) in [7, 11) is 0. The van der Waals surface area contributed by atoms with Gasteiger partial charge in [-0.1, -0.05) is 35.3 Å². The minimum absolute atomic E-state index is 0. The zero-order valence-corrected chi connectivity index (χ0v) is 15.5. The van der Waals surface area contributed by atoms with Crippen LogP contribution >= 0.6 is 23.2 Å². The second kappa shape index (κ2) is 11.0. The maximum atomic E-state index is 11.7. The zero-order chi connectivity index (χ0) is 17.4. The maximum Gasteiger partial charge on any atom is 0.240 e. The largest absolute Gasteiger partial charge is 0.507 e. The van der Waals surface area contributed by atoms with Crippen LogP contribution in [0.2, 0.25) is 10.0 Å². The fourth-order valence-electron chi connectivity index (χ4n) is 1.83. The normalized spacial score (nSPS) is 10.3. The van der Waals surface area contributed by atoms with E-state index in [-0.39, 0.29) is 35.1 Å². The van der Waals surface area contributed by atoms with Crippen molar-refractivity contribution in [1.29, 1.82) is 0 Å². The van der Waals surface area contributed by atoms with Crippen molar-refractivity contribution in [3.05, 3.63) is 58.1 Å². The Labute approximate surface area is 166 Å². The number of amides is 1. The molecular weight excluding hydrogens is 415 g/mol. The van der Waals surface area contributed by atoms with E-state index < -0.39 is 0 Å². The average molecular weight is 431 g/mol. The summed E-state index contributed by atoms with van der Waals surface area (Å²) in [5.41, 5.74) is 2.92. The summed E-state index contributed by atoms with van der Waals surface area (Å²) in [5, 5.41) is 14.3. The van der Waals surface area contributed by atoms with Crippen molar-refractivity contribution in [3.63, 3.8) is 0 Å². The number of carbonyl (C=O) groups is 1. The molecule has 2 rings (SSSR count). The summed E-state index contributed by atoms with van der Waals surface area (Å²) < 4.78 is 5.49. The van der Waals surface area contributed by atoms with Crippen molar-refractivity contribution in [3.8, 4) is 11.5 Å². The maximum absolute atomic E-state index is 11.7. The standard InChI is InChI=1S/C17H16Cl2N2O3.Cu/c18-13-7-8-16(14(19)10-13)24-9-3-6-17(23)21-20-11-12-4-1-2-5-15(12)22;/h1-2,4-5,7-8,10-11,22H,3,6,9H2,(H,21,23);. The minimum atomic E-state index is -0.243. The van der Waals surface area contributed by atoms with Gasteiger partial charge in [-0.25, -0.2) is 5.43 Å². The summed E-state index contributed by atoms with van der Waals surface area (Å²) in [6.45, 7) is 0.345. The molecule has 5 nitrogen and oxygen atoms in total. The van der Waals surface area contributed by atoms with Crippen molar-refractivity contribution >= 4 is 35.3 Å². The predicted molar refractivity (Wildman–Crippen MR) is 95.0 cm³/mol. The molecule has 25 heavy (non-hydrogen) atoms. The summed E-state index contributed by atoms with van der Waals surface area (Å²) in [5.74, 6) is 0.385. The van der Waals surface area contributed by atoms with E-state index in [1.807, 2.05) is 0 Å². The van der Waals surface area contributed by atoms with E-state index in [1.54, 1.807) is 42.5 Å². The van der Waals surface area contributed by atoms with Crippen LogP contribution in [0.3, 0.4) is 0 Å². The number of hydrogen-bond acceptors (Lipinski definition) is 4. The fraction of sp³-hybridized carbons (Fsp3) is 0.176. The number of nitrogens with one attached hydrogen (secondary N) is 1. The van der Waals surface area contributed by atoms with Gasteiger partial charge >= 0.3 is 0 Å². The topological polar surface area (TPSA) is 70.9 Å². The van der Waals surface area contributed by atoms with Gasteiger partial charge in [0.15, 0.2) is 0 Å². The molecule has 2 aromatic carbocycles. The number of phenols is 1. The van der Waals surface area contributed by atoms with Gasteiger partial charge in [-0.05, 0) is 36.8 Å². The Morgan fingerprint density at radius 3 is 2.72 bits per heavy atom. The zero-order valence-electron chi connectivity index (χ0n) is 13.0. The first-order valence-corrected chi connectivity index (χ1v) is 7.99. The number of aromatic hydroxyl groups is 1. The van der Waals surface area contributed by atoms with Crippen LogP contribution in [0.1, 0.15) is 18.4 Å². The van der Waals surface area contributed by atoms with Crippen LogP contribution in [0.4, 0.5) is 0 Å². The number of para-hydroxylation sites is 1. The Morgan fingerprint density at radius 2 is 2.00 bits per heavy atom. The van der Waals surface area contributed by atoms with Crippen molar-refractivity contribution in [2.45, 2.75) is 12.8 Å². The number of phenolic OH excluding ortho intramolecular Hbond substituents is 1. The first-order chi connectivity index (χ1) is 11.6. The van der Waals surface area contributed by atoms with Gasteiger partial charge < -0.3 is 9.84 Å². The van der Waals surface area contributed by atoms with E-state index in [2.05, 4.69) is 10.5 Å². The van der Waals surface area contributed by atoms with Crippen LogP contribution in [0.25, 0.3) is 0 Å². The van der Waals surface area contributed by atoms with E-state index in [0.717, 1.165) is 0 Å². The van der Waals surface area contributed by atoms with Gasteiger partial charge in [-0.2, -0.15) is 5.10 Å². The van der Waals surface area contributed by atoms with Crippen LogP contribution in [-0.2, 0) is 21.9 Å². The molecule has 1 amide bonds. The van der Waals surface area contributed by atoms with E-state index in [0.29, 0.717) is 34.4 Å². The molecule has 0 atom stereocenters. The van der Waals surface area contributed by atoms with Gasteiger partial charge in [0, 0.05) is 34.1 Å². The molecule has 0 aliphatic carbocycles. The van der Waals surface area contributed by atoms with Crippen LogP contribution < -0.4 is 10.2 Å². The molecule has 0 saturated heterocycles. The van der Waals surface area contributed by atoms with Crippen LogP contribution in [0, 0.1) is 0 Å². The Balaban J connectivity index is 0.00000312. The number of hydrogen-bond donors (Lipinski definition) is 2. The molecule has 0 saturated carbocycles. The number of halogens is 2. The van der Waals surface area contributed by atoms with Gasteiger partial charge in [-0.15, -0.1) is 0 Å². The quantitative estimate of drug-likeness (QED) is 0.302. The molecular formula is C17H16Cl2CuN2O3. The molecule has 0 fully saturated rings. The second-order valence-electron chi connectivity index (χ2n) is 4.88.